The molecule has 0 spiro atoms. The van der Waals surface area contributed by atoms with Gasteiger partial charge in [0.2, 0.25) is 5.91 Å². The lowest BCUT2D eigenvalue weighted by atomic mass is 10.2. The fourth-order valence-corrected chi connectivity index (χ4v) is 2.32. The highest BCUT2D eigenvalue weighted by molar-refractivity contribution is 6.32. The van der Waals surface area contributed by atoms with Crippen LogP contribution >= 0.6 is 24.0 Å². The summed E-state index contributed by atoms with van der Waals surface area (Å²) in [6.07, 6.45) is 0.972. The van der Waals surface area contributed by atoms with Crippen molar-refractivity contribution in [2.75, 3.05) is 25.0 Å². The molecule has 0 aliphatic rings. The average molecular weight is 392 g/mol. The molecule has 0 saturated carbocycles. The van der Waals surface area contributed by atoms with Crippen LogP contribution in [0.1, 0.15) is 33.6 Å². The van der Waals surface area contributed by atoms with E-state index in [4.69, 9.17) is 22.1 Å². The van der Waals surface area contributed by atoms with E-state index in [1.54, 1.807) is 23.1 Å². The average Bonchev–Trinajstić information content (AvgIpc) is 2.53. The zero-order chi connectivity index (χ0) is 18.1. The smallest absolute Gasteiger partial charge is 0.260 e. The molecule has 0 radical (unpaired) electrons. The number of benzene rings is 1. The standard InChI is InChI=1S/C17H26ClN3O3.ClH/c1-4-21(5-2)17(23)11-24-15-8-7-13(10-14(15)18)20-16(22)9-6-12(3)19;/h7-8,10,12H,4-6,9,11,19H2,1-3H3,(H,20,22);1H. The summed E-state index contributed by atoms with van der Waals surface area (Å²) in [6, 6.07) is 4.91. The third kappa shape index (κ3) is 8.43. The summed E-state index contributed by atoms with van der Waals surface area (Å²) in [5.41, 5.74) is 6.21. The maximum Gasteiger partial charge on any atom is 0.260 e. The van der Waals surface area contributed by atoms with Crippen molar-refractivity contribution >= 4 is 41.5 Å². The van der Waals surface area contributed by atoms with E-state index in [1.807, 2.05) is 20.8 Å². The van der Waals surface area contributed by atoms with Crippen molar-refractivity contribution in [3.63, 3.8) is 0 Å². The third-order valence-corrected chi connectivity index (χ3v) is 3.81. The SMILES string of the molecule is CCN(CC)C(=O)COc1ccc(NC(=O)CCC(C)N)cc1Cl.Cl. The van der Waals surface area contributed by atoms with Crippen molar-refractivity contribution in [3.8, 4) is 5.75 Å². The minimum atomic E-state index is -0.117. The Morgan fingerprint density at radius 1 is 1.32 bits per heavy atom. The van der Waals surface area contributed by atoms with Gasteiger partial charge in [-0.3, -0.25) is 9.59 Å². The zero-order valence-electron chi connectivity index (χ0n) is 14.9. The summed E-state index contributed by atoms with van der Waals surface area (Å²) >= 11 is 6.15. The summed E-state index contributed by atoms with van der Waals surface area (Å²) in [5.74, 6) is 0.198. The van der Waals surface area contributed by atoms with Crippen molar-refractivity contribution < 1.29 is 14.3 Å². The van der Waals surface area contributed by atoms with Gasteiger partial charge in [-0.1, -0.05) is 11.6 Å². The Kier molecular flexibility index (Phi) is 11.2. The number of ether oxygens (including phenoxy) is 1. The predicted octanol–water partition coefficient (Wildman–Crippen LogP) is 3.07. The van der Waals surface area contributed by atoms with E-state index < -0.39 is 0 Å². The molecule has 142 valence electrons. The number of rotatable bonds is 9. The van der Waals surface area contributed by atoms with Gasteiger partial charge in [-0.05, 0) is 45.4 Å². The topological polar surface area (TPSA) is 84.7 Å². The number of hydrogen-bond acceptors (Lipinski definition) is 4. The van der Waals surface area contributed by atoms with Crippen LogP contribution in [0.3, 0.4) is 0 Å². The maximum absolute atomic E-state index is 11.9. The molecular weight excluding hydrogens is 365 g/mol. The van der Waals surface area contributed by atoms with Gasteiger partial charge in [-0.15, -0.1) is 12.4 Å². The molecule has 1 unspecified atom stereocenters. The normalized spacial score (nSPS) is 11.2. The minimum absolute atomic E-state index is 0. The van der Waals surface area contributed by atoms with Gasteiger partial charge in [-0.25, -0.2) is 0 Å². The lowest BCUT2D eigenvalue weighted by Crippen LogP contribution is -2.34. The van der Waals surface area contributed by atoms with Crippen molar-refractivity contribution in [1.82, 2.24) is 4.90 Å². The van der Waals surface area contributed by atoms with Crippen molar-refractivity contribution in [3.05, 3.63) is 23.2 Å². The van der Waals surface area contributed by atoms with Gasteiger partial charge in [0.1, 0.15) is 5.75 Å². The lowest BCUT2D eigenvalue weighted by molar-refractivity contribution is -0.133. The molecule has 0 heterocycles. The molecule has 2 amide bonds. The largest absolute Gasteiger partial charge is 0.482 e. The maximum atomic E-state index is 11.9. The summed E-state index contributed by atoms with van der Waals surface area (Å²) in [4.78, 5) is 25.4. The lowest BCUT2D eigenvalue weighted by Gasteiger charge is -2.19. The van der Waals surface area contributed by atoms with Gasteiger partial charge >= 0.3 is 0 Å². The van der Waals surface area contributed by atoms with Crippen LogP contribution in [0, 0.1) is 0 Å². The summed E-state index contributed by atoms with van der Waals surface area (Å²) in [6.45, 7) is 6.89. The highest BCUT2D eigenvalue weighted by atomic mass is 35.5. The molecule has 8 heteroatoms. The third-order valence-electron chi connectivity index (χ3n) is 3.51. The second kappa shape index (κ2) is 12.0. The molecule has 0 saturated heterocycles. The Labute approximate surface area is 160 Å². The van der Waals surface area contributed by atoms with Crippen molar-refractivity contribution in [1.29, 1.82) is 0 Å². The molecule has 1 rings (SSSR count). The highest BCUT2D eigenvalue weighted by Crippen LogP contribution is 2.27. The predicted molar refractivity (Wildman–Crippen MR) is 104 cm³/mol. The van der Waals surface area contributed by atoms with Gasteiger partial charge in [0.15, 0.2) is 6.61 Å². The molecule has 0 fully saturated rings. The molecule has 25 heavy (non-hydrogen) atoms. The van der Waals surface area contributed by atoms with E-state index in [-0.39, 0.29) is 36.9 Å². The monoisotopic (exact) mass is 391 g/mol. The second-order valence-electron chi connectivity index (χ2n) is 5.56. The molecule has 1 atom stereocenters. The number of likely N-dealkylation sites (N-methyl/N-ethyl adjacent to an activating group) is 1. The van der Waals surface area contributed by atoms with Crippen molar-refractivity contribution in [2.45, 2.75) is 39.7 Å². The van der Waals surface area contributed by atoms with Crippen LogP contribution in [-0.4, -0.2) is 42.5 Å². The molecule has 6 nitrogen and oxygen atoms in total. The van der Waals surface area contributed by atoms with Gasteiger partial charge in [0.25, 0.3) is 5.91 Å². The number of anilines is 1. The molecule has 1 aromatic rings. The van der Waals surface area contributed by atoms with E-state index in [2.05, 4.69) is 5.32 Å². The van der Waals surface area contributed by atoms with Crippen LogP contribution in [0.25, 0.3) is 0 Å². The Morgan fingerprint density at radius 2 is 1.96 bits per heavy atom. The summed E-state index contributed by atoms with van der Waals surface area (Å²) in [7, 11) is 0. The molecule has 1 aromatic carbocycles. The van der Waals surface area contributed by atoms with Crippen molar-refractivity contribution in [2.24, 2.45) is 5.73 Å². The minimum Gasteiger partial charge on any atom is -0.482 e. The zero-order valence-corrected chi connectivity index (χ0v) is 16.5. The Bertz CT molecular complexity index is 564. The van der Waals surface area contributed by atoms with Crippen LogP contribution < -0.4 is 15.8 Å². The molecule has 0 aromatic heterocycles. The van der Waals surface area contributed by atoms with Crippen LogP contribution in [0.5, 0.6) is 5.75 Å². The first-order valence-electron chi connectivity index (χ1n) is 8.12. The van der Waals surface area contributed by atoms with E-state index in [9.17, 15) is 9.59 Å². The number of nitrogens with two attached hydrogens (primary N) is 1. The van der Waals surface area contributed by atoms with Gasteiger partial charge in [0.05, 0.1) is 5.02 Å². The fraction of sp³-hybridized carbons (Fsp3) is 0.529. The quantitative estimate of drug-likeness (QED) is 0.677. The second-order valence-corrected chi connectivity index (χ2v) is 5.97. The van der Waals surface area contributed by atoms with Crippen LogP contribution in [0.15, 0.2) is 18.2 Å². The molecule has 0 bridgehead atoms. The van der Waals surface area contributed by atoms with Crippen LogP contribution in [-0.2, 0) is 9.59 Å². The number of halogens is 2. The molecular formula is C17H27Cl2N3O3. The van der Waals surface area contributed by atoms with Gasteiger partial charge < -0.3 is 20.7 Å². The van der Waals surface area contributed by atoms with Gasteiger partial charge in [0, 0.05) is 31.2 Å². The first-order valence-corrected chi connectivity index (χ1v) is 8.50. The van der Waals surface area contributed by atoms with E-state index in [0.29, 0.717) is 42.4 Å². The van der Waals surface area contributed by atoms with E-state index >= 15 is 0 Å². The molecule has 0 aliphatic heterocycles. The Morgan fingerprint density at radius 3 is 2.48 bits per heavy atom. The fourth-order valence-electron chi connectivity index (χ4n) is 2.08. The Hall–Kier alpha value is -1.50. The summed E-state index contributed by atoms with van der Waals surface area (Å²) < 4.78 is 5.47. The number of carbonyl (C=O) groups excluding carboxylic acids is 2. The highest BCUT2D eigenvalue weighted by Gasteiger charge is 2.12. The van der Waals surface area contributed by atoms with E-state index in [1.165, 1.54) is 0 Å². The van der Waals surface area contributed by atoms with Crippen LogP contribution in [0.2, 0.25) is 5.02 Å². The first-order chi connectivity index (χ1) is 11.4. The molecule has 3 N–H and O–H groups in total. The number of nitrogens with one attached hydrogen (secondary N) is 1. The number of carbonyl (C=O) groups is 2. The van der Waals surface area contributed by atoms with E-state index in [0.717, 1.165) is 0 Å². The van der Waals surface area contributed by atoms with Crippen LogP contribution in [0.4, 0.5) is 5.69 Å². The first kappa shape index (κ1) is 23.5. The Balaban J connectivity index is 0.00000576. The summed E-state index contributed by atoms with van der Waals surface area (Å²) in [5, 5.41) is 3.10. The van der Waals surface area contributed by atoms with Gasteiger partial charge in [-0.2, -0.15) is 0 Å². The number of hydrogen-bond donors (Lipinski definition) is 2. The number of amides is 2. The molecule has 0 aliphatic carbocycles. The number of nitrogens with zero attached hydrogens (tertiary/aromatic N) is 1.